The van der Waals surface area contributed by atoms with Crippen molar-refractivity contribution in [1.29, 1.82) is 0 Å². The van der Waals surface area contributed by atoms with E-state index in [-0.39, 0.29) is 6.09 Å². The highest BCUT2D eigenvalue weighted by molar-refractivity contribution is 5.92. The lowest BCUT2D eigenvalue weighted by Gasteiger charge is -2.21. The van der Waals surface area contributed by atoms with E-state index < -0.39 is 0 Å². The Morgan fingerprint density at radius 2 is 2.08 bits per heavy atom. The van der Waals surface area contributed by atoms with Crippen LogP contribution in [-0.4, -0.2) is 36.3 Å². The highest BCUT2D eigenvalue weighted by atomic mass is 16.6. The van der Waals surface area contributed by atoms with Crippen LogP contribution in [0.15, 0.2) is 18.2 Å². The third-order valence-corrected chi connectivity index (χ3v) is 4.79. The van der Waals surface area contributed by atoms with Crippen LogP contribution in [0.4, 0.5) is 22.0 Å². The first-order valence-electron chi connectivity index (χ1n) is 8.91. The molecular formula is C19H22N4O3. The van der Waals surface area contributed by atoms with Crippen LogP contribution in [0.3, 0.4) is 0 Å². The summed E-state index contributed by atoms with van der Waals surface area (Å²) in [6.07, 6.45) is 3.96. The molecule has 0 atom stereocenters. The number of anilines is 3. The van der Waals surface area contributed by atoms with Crippen molar-refractivity contribution < 1.29 is 14.3 Å². The van der Waals surface area contributed by atoms with Gasteiger partial charge in [0.05, 0.1) is 19.3 Å². The first-order chi connectivity index (χ1) is 12.7. The number of cyclic esters (lactones) is 1. The van der Waals surface area contributed by atoms with E-state index in [1.165, 1.54) is 12.0 Å². The fourth-order valence-corrected chi connectivity index (χ4v) is 3.55. The molecule has 1 amide bonds. The fourth-order valence-electron chi connectivity index (χ4n) is 3.55. The average Bonchev–Trinajstić information content (AvgIpc) is 3.07. The summed E-state index contributed by atoms with van der Waals surface area (Å²) in [6, 6.07) is 5.68. The molecule has 0 radical (unpaired) electrons. The number of ether oxygens (including phenoxy) is 2. The number of carbonyl (C=O) groups excluding carboxylic acids is 1. The van der Waals surface area contributed by atoms with Crippen LogP contribution < -0.4 is 15.0 Å². The standard InChI is InChI=1S/C19H22N4O3/c1-12-20-15-6-4-3-5-14(15)18(21-12)22-13-7-8-17(25-2)16(11-13)23-9-10-26-19(23)24/h7-8,11H,3-6,9-10H2,1-2H3,(H,20,21,22). The van der Waals surface area contributed by atoms with Crippen molar-refractivity contribution in [2.75, 3.05) is 30.5 Å². The molecule has 2 aliphatic rings. The molecule has 1 aliphatic carbocycles. The maximum atomic E-state index is 12.0. The molecule has 2 heterocycles. The quantitative estimate of drug-likeness (QED) is 0.907. The van der Waals surface area contributed by atoms with Gasteiger partial charge in [0, 0.05) is 16.9 Å². The summed E-state index contributed by atoms with van der Waals surface area (Å²) in [7, 11) is 1.59. The van der Waals surface area contributed by atoms with Crippen molar-refractivity contribution in [3.05, 3.63) is 35.3 Å². The van der Waals surface area contributed by atoms with E-state index in [1.54, 1.807) is 12.0 Å². The zero-order valence-corrected chi connectivity index (χ0v) is 15.0. The van der Waals surface area contributed by atoms with Gasteiger partial charge in [-0.3, -0.25) is 4.90 Å². The second-order valence-electron chi connectivity index (χ2n) is 6.53. The summed E-state index contributed by atoms with van der Waals surface area (Å²) in [4.78, 5) is 22.7. The van der Waals surface area contributed by atoms with Crippen molar-refractivity contribution in [2.45, 2.75) is 32.6 Å². The van der Waals surface area contributed by atoms with Crippen LogP contribution in [0.25, 0.3) is 0 Å². The van der Waals surface area contributed by atoms with Gasteiger partial charge < -0.3 is 14.8 Å². The minimum atomic E-state index is -0.351. The van der Waals surface area contributed by atoms with Gasteiger partial charge in [0.1, 0.15) is 24.0 Å². The molecule has 0 spiro atoms. The summed E-state index contributed by atoms with van der Waals surface area (Å²) >= 11 is 0. The van der Waals surface area contributed by atoms with Gasteiger partial charge >= 0.3 is 6.09 Å². The van der Waals surface area contributed by atoms with Crippen LogP contribution in [0, 0.1) is 6.92 Å². The molecule has 7 nitrogen and oxygen atoms in total. The third-order valence-electron chi connectivity index (χ3n) is 4.79. The first-order valence-corrected chi connectivity index (χ1v) is 8.91. The highest BCUT2D eigenvalue weighted by Crippen LogP contribution is 2.35. The molecule has 4 rings (SSSR count). The van der Waals surface area contributed by atoms with E-state index in [1.807, 2.05) is 25.1 Å². The Bertz CT molecular complexity index is 853. The maximum Gasteiger partial charge on any atom is 0.414 e. The lowest BCUT2D eigenvalue weighted by molar-refractivity contribution is 0.181. The number of methoxy groups -OCH3 is 1. The Balaban J connectivity index is 1.69. The number of aromatic nitrogens is 2. The maximum absolute atomic E-state index is 12.0. The third kappa shape index (κ3) is 3.05. The van der Waals surface area contributed by atoms with Crippen LogP contribution >= 0.6 is 0 Å². The molecule has 1 aromatic carbocycles. The second kappa shape index (κ2) is 6.82. The Morgan fingerprint density at radius 3 is 2.85 bits per heavy atom. The molecule has 1 N–H and O–H groups in total. The lowest BCUT2D eigenvalue weighted by Crippen LogP contribution is -2.24. The van der Waals surface area contributed by atoms with Crippen molar-refractivity contribution in [1.82, 2.24) is 9.97 Å². The zero-order chi connectivity index (χ0) is 18.1. The van der Waals surface area contributed by atoms with E-state index in [4.69, 9.17) is 9.47 Å². The molecule has 136 valence electrons. The normalized spacial score (nSPS) is 16.2. The smallest absolute Gasteiger partial charge is 0.414 e. The predicted octanol–water partition coefficient (Wildman–Crippen LogP) is 3.37. The van der Waals surface area contributed by atoms with Gasteiger partial charge in [0.2, 0.25) is 0 Å². The van der Waals surface area contributed by atoms with Gasteiger partial charge in [-0.05, 0) is 50.8 Å². The van der Waals surface area contributed by atoms with Crippen molar-refractivity contribution in [3.8, 4) is 5.75 Å². The zero-order valence-electron chi connectivity index (χ0n) is 15.0. The second-order valence-corrected chi connectivity index (χ2v) is 6.53. The predicted molar refractivity (Wildman–Crippen MR) is 98.4 cm³/mol. The minimum Gasteiger partial charge on any atom is -0.495 e. The first kappa shape index (κ1) is 16.6. The van der Waals surface area contributed by atoms with Gasteiger partial charge in [-0.2, -0.15) is 0 Å². The SMILES string of the molecule is COc1ccc(Nc2nc(C)nc3c2CCCC3)cc1N1CCOC1=O. The molecule has 1 saturated heterocycles. The molecule has 2 aromatic rings. The van der Waals surface area contributed by atoms with E-state index in [2.05, 4.69) is 15.3 Å². The van der Waals surface area contributed by atoms with Gasteiger partial charge in [-0.15, -0.1) is 0 Å². The number of hydrogen-bond donors (Lipinski definition) is 1. The summed E-state index contributed by atoms with van der Waals surface area (Å²) in [5.74, 6) is 2.26. The van der Waals surface area contributed by atoms with E-state index in [0.29, 0.717) is 24.6 Å². The van der Waals surface area contributed by atoms with Crippen molar-refractivity contribution in [3.63, 3.8) is 0 Å². The molecule has 0 unspecified atom stereocenters. The summed E-state index contributed by atoms with van der Waals surface area (Å²) in [5, 5.41) is 3.42. The summed E-state index contributed by atoms with van der Waals surface area (Å²) < 4.78 is 10.5. The highest BCUT2D eigenvalue weighted by Gasteiger charge is 2.27. The van der Waals surface area contributed by atoms with E-state index in [9.17, 15) is 4.79 Å². The molecule has 1 fully saturated rings. The van der Waals surface area contributed by atoms with Crippen LogP contribution in [0.2, 0.25) is 0 Å². The molecule has 1 aromatic heterocycles. The Labute approximate surface area is 152 Å². The van der Waals surface area contributed by atoms with Gasteiger partial charge in [-0.25, -0.2) is 14.8 Å². The van der Waals surface area contributed by atoms with Gasteiger partial charge in [0.15, 0.2) is 0 Å². The number of rotatable bonds is 4. The molecule has 0 bridgehead atoms. The van der Waals surface area contributed by atoms with Crippen LogP contribution in [0.1, 0.15) is 29.9 Å². The topological polar surface area (TPSA) is 76.6 Å². The lowest BCUT2D eigenvalue weighted by atomic mass is 9.96. The summed E-state index contributed by atoms with van der Waals surface area (Å²) in [6.45, 7) is 2.82. The number of hydrogen-bond acceptors (Lipinski definition) is 6. The molecule has 7 heteroatoms. The van der Waals surface area contributed by atoms with Gasteiger partial charge in [-0.1, -0.05) is 0 Å². The monoisotopic (exact) mass is 354 g/mol. The Morgan fingerprint density at radius 1 is 1.23 bits per heavy atom. The number of nitrogens with zero attached hydrogens (tertiary/aromatic N) is 3. The van der Waals surface area contributed by atoms with Gasteiger partial charge in [0.25, 0.3) is 0 Å². The Kier molecular flexibility index (Phi) is 4.36. The molecule has 26 heavy (non-hydrogen) atoms. The molecular weight excluding hydrogens is 332 g/mol. The average molecular weight is 354 g/mol. The molecule has 0 saturated carbocycles. The number of carbonyl (C=O) groups is 1. The molecule has 1 aliphatic heterocycles. The minimum absolute atomic E-state index is 0.351. The van der Waals surface area contributed by atoms with Crippen LogP contribution in [-0.2, 0) is 17.6 Å². The van der Waals surface area contributed by atoms with Crippen molar-refractivity contribution >= 4 is 23.3 Å². The largest absolute Gasteiger partial charge is 0.495 e. The van der Waals surface area contributed by atoms with Crippen molar-refractivity contribution in [2.24, 2.45) is 0 Å². The number of fused-ring (bicyclic) bond motifs is 1. The summed E-state index contributed by atoms with van der Waals surface area (Å²) in [5.41, 5.74) is 3.88. The number of nitrogens with one attached hydrogen (secondary N) is 1. The van der Waals surface area contributed by atoms with E-state index >= 15 is 0 Å². The van der Waals surface area contributed by atoms with E-state index in [0.717, 1.165) is 42.3 Å². The number of amides is 1. The number of benzene rings is 1. The Hall–Kier alpha value is -2.83. The van der Waals surface area contributed by atoms with Crippen LogP contribution in [0.5, 0.6) is 5.75 Å². The fraction of sp³-hybridized carbons (Fsp3) is 0.421. The number of aryl methyl sites for hydroxylation is 2.